The van der Waals surface area contributed by atoms with Crippen molar-refractivity contribution in [3.63, 3.8) is 0 Å². The second kappa shape index (κ2) is 10.0. The highest BCUT2D eigenvalue weighted by atomic mass is 16.5. The fraction of sp³-hybridized carbons (Fsp3) is 0.269. The zero-order chi connectivity index (χ0) is 21.5. The molecule has 0 unspecified atom stereocenters. The Morgan fingerprint density at radius 3 is 2.26 bits per heavy atom. The van der Waals surface area contributed by atoms with E-state index in [0.717, 1.165) is 35.8 Å². The number of hydrogen-bond donors (Lipinski definition) is 0. The molecule has 4 rings (SSSR count). The molecule has 1 aliphatic rings. The molecule has 5 heteroatoms. The van der Waals surface area contributed by atoms with Gasteiger partial charge < -0.3 is 19.3 Å². The van der Waals surface area contributed by atoms with Crippen LogP contribution in [0.15, 0.2) is 78.9 Å². The molecule has 0 aromatic heterocycles. The number of ether oxygens (including phenoxy) is 2. The molecule has 1 fully saturated rings. The Balaban J connectivity index is 1.41. The molecule has 0 aliphatic carbocycles. The second-order valence-electron chi connectivity index (χ2n) is 7.44. The molecule has 0 N–H and O–H groups in total. The van der Waals surface area contributed by atoms with Crippen LogP contribution in [0.4, 0.5) is 5.69 Å². The van der Waals surface area contributed by atoms with E-state index in [0.29, 0.717) is 31.9 Å². The van der Waals surface area contributed by atoms with Crippen molar-refractivity contribution in [1.82, 2.24) is 4.90 Å². The van der Waals surface area contributed by atoms with E-state index in [1.54, 1.807) is 0 Å². The van der Waals surface area contributed by atoms with Gasteiger partial charge in [-0.3, -0.25) is 4.79 Å². The van der Waals surface area contributed by atoms with Gasteiger partial charge in [-0.15, -0.1) is 0 Å². The van der Waals surface area contributed by atoms with Crippen LogP contribution in [0.2, 0.25) is 0 Å². The normalized spacial score (nSPS) is 13.7. The average Bonchev–Trinajstić information content (AvgIpc) is 2.84. The summed E-state index contributed by atoms with van der Waals surface area (Å²) < 4.78 is 11.7. The number of carbonyl (C=O) groups excluding carboxylic acids is 1. The number of amides is 1. The standard InChI is InChI=1S/C26H28N2O3/c1-2-30-25-15-9-8-14-24(25)27-16-18-28(19-17-27)26(29)23-13-7-6-10-21(23)20-31-22-11-4-3-5-12-22/h3-15H,2,16-20H2,1H3. The van der Waals surface area contributed by atoms with Gasteiger partial charge in [0.15, 0.2) is 0 Å². The number of para-hydroxylation sites is 3. The first kappa shape index (κ1) is 20.8. The molecule has 5 nitrogen and oxygen atoms in total. The molecule has 1 aliphatic heterocycles. The Labute approximate surface area is 183 Å². The quantitative estimate of drug-likeness (QED) is 0.563. The summed E-state index contributed by atoms with van der Waals surface area (Å²) in [6.45, 7) is 5.90. The van der Waals surface area contributed by atoms with Crippen LogP contribution in [0.3, 0.4) is 0 Å². The summed E-state index contributed by atoms with van der Waals surface area (Å²) in [6.07, 6.45) is 0. The Kier molecular flexibility index (Phi) is 6.72. The number of benzene rings is 3. The molecule has 0 radical (unpaired) electrons. The highest BCUT2D eigenvalue weighted by Crippen LogP contribution is 2.29. The Bertz CT molecular complexity index is 998. The van der Waals surface area contributed by atoms with E-state index in [1.807, 2.05) is 84.6 Å². The minimum absolute atomic E-state index is 0.0602. The number of hydrogen-bond acceptors (Lipinski definition) is 4. The lowest BCUT2D eigenvalue weighted by Gasteiger charge is -2.37. The van der Waals surface area contributed by atoms with Crippen molar-refractivity contribution < 1.29 is 14.3 Å². The average molecular weight is 417 g/mol. The van der Waals surface area contributed by atoms with E-state index >= 15 is 0 Å². The molecule has 0 saturated carbocycles. The Morgan fingerprint density at radius 1 is 0.806 bits per heavy atom. The largest absolute Gasteiger partial charge is 0.492 e. The minimum atomic E-state index is 0.0602. The molecule has 0 atom stereocenters. The molecule has 1 saturated heterocycles. The van der Waals surface area contributed by atoms with E-state index in [9.17, 15) is 4.79 Å². The summed E-state index contributed by atoms with van der Waals surface area (Å²) in [5, 5.41) is 0. The van der Waals surface area contributed by atoms with Gasteiger partial charge in [0, 0.05) is 37.3 Å². The summed E-state index contributed by atoms with van der Waals surface area (Å²) in [6, 6.07) is 25.5. The zero-order valence-corrected chi connectivity index (χ0v) is 17.9. The predicted octanol–water partition coefficient (Wildman–Crippen LogP) is 4.63. The van der Waals surface area contributed by atoms with Gasteiger partial charge in [0.25, 0.3) is 5.91 Å². The molecule has 160 valence electrons. The topological polar surface area (TPSA) is 42.0 Å². The monoisotopic (exact) mass is 416 g/mol. The number of carbonyl (C=O) groups is 1. The van der Waals surface area contributed by atoms with E-state index in [2.05, 4.69) is 11.0 Å². The van der Waals surface area contributed by atoms with Crippen LogP contribution in [0.25, 0.3) is 0 Å². The maximum atomic E-state index is 13.3. The summed E-state index contributed by atoms with van der Waals surface area (Å²) in [5.41, 5.74) is 2.70. The summed E-state index contributed by atoms with van der Waals surface area (Å²) in [5.74, 6) is 1.75. The van der Waals surface area contributed by atoms with Crippen LogP contribution in [0, 0.1) is 0 Å². The van der Waals surface area contributed by atoms with Crippen molar-refractivity contribution >= 4 is 11.6 Å². The number of rotatable bonds is 7. The van der Waals surface area contributed by atoms with Gasteiger partial charge in [0.05, 0.1) is 12.3 Å². The van der Waals surface area contributed by atoms with Crippen LogP contribution < -0.4 is 14.4 Å². The molecular weight excluding hydrogens is 388 g/mol. The van der Waals surface area contributed by atoms with Crippen molar-refractivity contribution in [2.75, 3.05) is 37.7 Å². The molecule has 3 aromatic rings. The van der Waals surface area contributed by atoms with Crippen LogP contribution in [0.5, 0.6) is 11.5 Å². The van der Waals surface area contributed by atoms with E-state index in [-0.39, 0.29) is 5.91 Å². The minimum Gasteiger partial charge on any atom is -0.492 e. The lowest BCUT2D eigenvalue weighted by Crippen LogP contribution is -2.49. The molecule has 0 bridgehead atoms. The number of piperazine rings is 1. The van der Waals surface area contributed by atoms with Crippen molar-refractivity contribution in [3.8, 4) is 11.5 Å². The van der Waals surface area contributed by atoms with Crippen LogP contribution in [0.1, 0.15) is 22.8 Å². The van der Waals surface area contributed by atoms with Crippen LogP contribution in [-0.2, 0) is 6.61 Å². The third-order valence-electron chi connectivity index (χ3n) is 5.46. The van der Waals surface area contributed by atoms with E-state index < -0.39 is 0 Å². The van der Waals surface area contributed by atoms with Crippen LogP contribution >= 0.6 is 0 Å². The Hall–Kier alpha value is -3.47. The molecule has 31 heavy (non-hydrogen) atoms. The van der Waals surface area contributed by atoms with Crippen molar-refractivity contribution in [2.24, 2.45) is 0 Å². The first-order valence-corrected chi connectivity index (χ1v) is 10.8. The SMILES string of the molecule is CCOc1ccccc1N1CCN(C(=O)c2ccccc2COc2ccccc2)CC1. The third kappa shape index (κ3) is 5.00. The molecular formula is C26H28N2O3. The Morgan fingerprint density at radius 2 is 1.48 bits per heavy atom. The van der Waals surface area contributed by atoms with Gasteiger partial charge in [0.2, 0.25) is 0 Å². The molecule has 1 heterocycles. The highest BCUT2D eigenvalue weighted by molar-refractivity contribution is 5.95. The van der Waals surface area contributed by atoms with E-state index in [1.165, 1.54) is 0 Å². The first-order chi connectivity index (χ1) is 15.3. The highest BCUT2D eigenvalue weighted by Gasteiger charge is 2.25. The summed E-state index contributed by atoms with van der Waals surface area (Å²) in [7, 11) is 0. The van der Waals surface area contributed by atoms with E-state index in [4.69, 9.17) is 9.47 Å². The molecule has 1 amide bonds. The van der Waals surface area contributed by atoms with Gasteiger partial charge in [-0.1, -0.05) is 48.5 Å². The zero-order valence-electron chi connectivity index (χ0n) is 17.9. The lowest BCUT2D eigenvalue weighted by molar-refractivity contribution is 0.0744. The fourth-order valence-electron chi connectivity index (χ4n) is 3.85. The van der Waals surface area contributed by atoms with Gasteiger partial charge in [-0.2, -0.15) is 0 Å². The van der Waals surface area contributed by atoms with Gasteiger partial charge in [0.1, 0.15) is 18.1 Å². The lowest BCUT2D eigenvalue weighted by atomic mass is 10.1. The van der Waals surface area contributed by atoms with Crippen LogP contribution in [-0.4, -0.2) is 43.6 Å². The predicted molar refractivity (Wildman–Crippen MR) is 123 cm³/mol. The number of anilines is 1. The molecule has 3 aromatic carbocycles. The van der Waals surface area contributed by atoms with Crippen molar-refractivity contribution in [2.45, 2.75) is 13.5 Å². The summed E-state index contributed by atoms with van der Waals surface area (Å²) in [4.78, 5) is 17.5. The first-order valence-electron chi connectivity index (χ1n) is 10.8. The summed E-state index contributed by atoms with van der Waals surface area (Å²) >= 11 is 0. The molecule has 0 spiro atoms. The van der Waals surface area contributed by atoms with Crippen molar-refractivity contribution in [1.29, 1.82) is 0 Å². The number of nitrogens with zero attached hydrogens (tertiary/aromatic N) is 2. The van der Waals surface area contributed by atoms with Gasteiger partial charge in [-0.25, -0.2) is 0 Å². The fourth-order valence-corrected chi connectivity index (χ4v) is 3.85. The second-order valence-corrected chi connectivity index (χ2v) is 7.44. The van der Waals surface area contributed by atoms with Gasteiger partial charge in [-0.05, 0) is 37.3 Å². The smallest absolute Gasteiger partial charge is 0.254 e. The third-order valence-corrected chi connectivity index (χ3v) is 5.46. The van der Waals surface area contributed by atoms with Gasteiger partial charge >= 0.3 is 0 Å². The van der Waals surface area contributed by atoms with Crippen molar-refractivity contribution in [3.05, 3.63) is 90.0 Å². The maximum absolute atomic E-state index is 13.3. The maximum Gasteiger partial charge on any atom is 0.254 e.